The minimum Gasteiger partial charge on any atom is -0.301 e. The van der Waals surface area contributed by atoms with Gasteiger partial charge in [0.1, 0.15) is 0 Å². The zero-order valence-electron chi connectivity index (χ0n) is 15.8. The van der Waals surface area contributed by atoms with Crippen molar-refractivity contribution in [3.8, 4) is 0 Å². The number of sulfonamides is 1. The monoisotopic (exact) mass is 352 g/mol. The fraction of sp³-hybridized carbons (Fsp3) is 0.684. The Labute approximate surface area is 147 Å². The van der Waals surface area contributed by atoms with Crippen LogP contribution in [0.4, 0.5) is 0 Å². The zero-order chi connectivity index (χ0) is 17.9. The molecule has 136 valence electrons. The molecule has 1 aliphatic heterocycles. The minimum absolute atomic E-state index is 0.507. The van der Waals surface area contributed by atoms with E-state index in [1.807, 2.05) is 32.9 Å². The summed E-state index contributed by atoms with van der Waals surface area (Å²) >= 11 is 0. The molecule has 0 saturated carbocycles. The summed E-state index contributed by atoms with van der Waals surface area (Å²) in [5.41, 5.74) is 2.83. The molecule has 1 heterocycles. The lowest BCUT2D eigenvalue weighted by molar-refractivity contribution is 0.145. The van der Waals surface area contributed by atoms with E-state index < -0.39 is 10.0 Å². The maximum Gasteiger partial charge on any atom is 0.243 e. The summed E-state index contributed by atoms with van der Waals surface area (Å²) in [6, 6.07) is 4.45. The first-order valence-electron chi connectivity index (χ1n) is 9.13. The third kappa shape index (κ3) is 4.01. The number of nitrogens with zero attached hydrogens (tertiary/aromatic N) is 2. The van der Waals surface area contributed by atoms with Crippen LogP contribution in [0.25, 0.3) is 0 Å². The van der Waals surface area contributed by atoms with E-state index >= 15 is 0 Å². The van der Waals surface area contributed by atoms with Crippen LogP contribution in [0.3, 0.4) is 0 Å². The summed E-state index contributed by atoms with van der Waals surface area (Å²) < 4.78 is 27.9. The van der Waals surface area contributed by atoms with Crippen LogP contribution in [-0.2, 0) is 10.0 Å². The first-order chi connectivity index (χ1) is 11.3. The van der Waals surface area contributed by atoms with Gasteiger partial charge in [0.15, 0.2) is 0 Å². The van der Waals surface area contributed by atoms with Crippen LogP contribution in [0, 0.1) is 20.8 Å². The van der Waals surface area contributed by atoms with Gasteiger partial charge in [-0.05, 0) is 64.3 Å². The molecule has 4 nitrogen and oxygen atoms in total. The number of aryl methyl sites for hydroxylation is 3. The normalized spacial score (nSPS) is 17.6. The van der Waals surface area contributed by atoms with Gasteiger partial charge >= 0.3 is 0 Å². The Hall–Kier alpha value is -0.910. The van der Waals surface area contributed by atoms with Gasteiger partial charge in [-0.1, -0.05) is 31.5 Å². The summed E-state index contributed by atoms with van der Waals surface area (Å²) in [5.74, 6) is 0. The van der Waals surface area contributed by atoms with Gasteiger partial charge in [0.25, 0.3) is 0 Å². The average Bonchev–Trinajstić information content (AvgIpc) is 2.51. The fourth-order valence-corrected chi connectivity index (χ4v) is 5.92. The molecule has 0 aromatic heterocycles. The SMILES string of the molecule is CCCN(CC)C1CCN(S(=O)(=O)c2c(C)cc(C)cc2C)CC1. The highest BCUT2D eigenvalue weighted by Gasteiger charge is 2.32. The van der Waals surface area contributed by atoms with Gasteiger partial charge in [0.05, 0.1) is 4.90 Å². The maximum atomic E-state index is 13.1. The van der Waals surface area contributed by atoms with Gasteiger partial charge in [-0.3, -0.25) is 0 Å². The first-order valence-corrected chi connectivity index (χ1v) is 10.6. The molecule has 1 fully saturated rings. The lowest BCUT2D eigenvalue weighted by atomic mass is 10.0. The molecule has 1 aromatic rings. The lowest BCUT2D eigenvalue weighted by Crippen LogP contribution is -2.47. The number of piperidine rings is 1. The van der Waals surface area contributed by atoms with Crippen molar-refractivity contribution in [3.63, 3.8) is 0 Å². The van der Waals surface area contributed by atoms with E-state index in [1.165, 1.54) is 0 Å². The van der Waals surface area contributed by atoms with E-state index in [4.69, 9.17) is 0 Å². The van der Waals surface area contributed by atoms with Crippen molar-refractivity contribution in [3.05, 3.63) is 28.8 Å². The van der Waals surface area contributed by atoms with Crippen molar-refractivity contribution in [2.75, 3.05) is 26.2 Å². The Morgan fingerprint density at radius 3 is 2.08 bits per heavy atom. The quantitative estimate of drug-likeness (QED) is 0.787. The summed E-state index contributed by atoms with van der Waals surface area (Å²) in [5, 5.41) is 0. The van der Waals surface area contributed by atoms with Crippen molar-refractivity contribution in [1.29, 1.82) is 0 Å². The molecule has 0 atom stereocenters. The molecule has 0 spiro atoms. The molecule has 0 bridgehead atoms. The maximum absolute atomic E-state index is 13.1. The predicted molar refractivity (Wildman–Crippen MR) is 100.0 cm³/mol. The highest BCUT2D eigenvalue weighted by molar-refractivity contribution is 7.89. The van der Waals surface area contributed by atoms with Gasteiger partial charge in [-0.15, -0.1) is 0 Å². The summed E-state index contributed by atoms with van der Waals surface area (Å²) in [7, 11) is -3.39. The largest absolute Gasteiger partial charge is 0.301 e. The van der Waals surface area contributed by atoms with Crippen molar-refractivity contribution >= 4 is 10.0 Å². The molecule has 24 heavy (non-hydrogen) atoms. The highest BCUT2D eigenvalue weighted by Crippen LogP contribution is 2.28. The van der Waals surface area contributed by atoms with Gasteiger partial charge in [0.2, 0.25) is 10.0 Å². The molecule has 0 amide bonds. The molecule has 1 aromatic carbocycles. The van der Waals surface area contributed by atoms with Crippen LogP contribution in [0.15, 0.2) is 17.0 Å². The highest BCUT2D eigenvalue weighted by atomic mass is 32.2. The van der Waals surface area contributed by atoms with E-state index in [1.54, 1.807) is 4.31 Å². The molecular weight excluding hydrogens is 320 g/mol. The second-order valence-electron chi connectivity index (χ2n) is 6.99. The number of hydrogen-bond acceptors (Lipinski definition) is 3. The number of benzene rings is 1. The van der Waals surface area contributed by atoms with Crippen LogP contribution in [0.2, 0.25) is 0 Å². The smallest absolute Gasteiger partial charge is 0.243 e. The van der Waals surface area contributed by atoms with E-state index in [0.29, 0.717) is 24.0 Å². The lowest BCUT2D eigenvalue weighted by Gasteiger charge is -2.37. The summed E-state index contributed by atoms with van der Waals surface area (Å²) in [4.78, 5) is 3.00. The van der Waals surface area contributed by atoms with E-state index in [-0.39, 0.29) is 0 Å². The average molecular weight is 353 g/mol. The van der Waals surface area contributed by atoms with E-state index in [2.05, 4.69) is 18.7 Å². The van der Waals surface area contributed by atoms with E-state index in [0.717, 1.165) is 49.0 Å². The van der Waals surface area contributed by atoms with Crippen LogP contribution in [0.5, 0.6) is 0 Å². The van der Waals surface area contributed by atoms with Crippen LogP contribution >= 0.6 is 0 Å². The van der Waals surface area contributed by atoms with Crippen molar-refractivity contribution in [1.82, 2.24) is 9.21 Å². The first kappa shape index (κ1) is 19.4. The molecule has 0 unspecified atom stereocenters. The summed E-state index contributed by atoms with van der Waals surface area (Å²) in [6.07, 6.45) is 3.00. The third-order valence-electron chi connectivity index (χ3n) is 5.06. The van der Waals surface area contributed by atoms with Gasteiger partial charge in [-0.2, -0.15) is 4.31 Å². The molecule has 0 N–H and O–H groups in total. The second kappa shape index (κ2) is 7.98. The number of rotatable bonds is 6. The molecule has 1 aliphatic rings. The van der Waals surface area contributed by atoms with Crippen molar-refractivity contribution in [2.24, 2.45) is 0 Å². The predicted octanol–water partition coefficient (Wildman–Crippen LogP) is 3.50. The van der Waals surface area contributed by atoms with Crippen LogP contribution < -0.4 is 0 Å². The second-order valence-corrected chi connectivity index (χ2v) is 8.87. The Morgan fingerprint density at radius 1 is 1.08 bits per heavy atom. The molecular formula is C19H32N2O2S. The minimum atomic E-state index is -3.39. The molecule has 5 heteroatoms. The summed E-state index contributed by atoms with van der Waals surface area (Å²) in [6.45, 7) is 13.6. The molecule has 0 radical (unpaired) electrons. The van der Waals surface area contributed by atoms with Gasteiger partial charge in [0, 0.05) is 19.1 Å². The molecule has 0 aliphatic carbocycles. The van der Waals surface area contributed by atoms with Crippen LogP contribution in [-0.4, -0.2) is 49.8 Å². The Kier molecular flexibility index (Phi) is 6.46. The van der Waals surface area contributed by atoms with Gasteiger partial charge < -0.3 is 4.90 Å². The number of hydrogen-bond donors (Lipinski definition) is 0. The Balaban J connectivity index is 2.16. The molecule has 1 saturated heterocycles. The Morgan fingerprint density at radius 2 is 1.62 bits per heavy atom. The van der Waals surface area contributed by atoms with Gasteiger partial charge in [-0.25, -0.2) is 8.42 Å². The third-order valence-corrected chi connectivity index (χ3v) is 7.26. The standard InChI is InChI=1S/C19H32N2O2S/c1-6-10-20(7-2)18-8-11-21(12-9-18)24(22,23)19-16(4)13-15(3)14-17(19)5/h13-14,18H,6-12H2,1-5H3. The molecule has 2 rings (SSSR count). The van der Waals surface area contributed by atoms with Crippen molar-refractivity contribution in [2.45, 2.75) is 64.8 Å². The fourth-order valence-electron chi connectivity index (χ4n) is 4.04. The van der Waals surface area contributed by atoms with E-state index in [9.17, 15) is 8.42 Å². The van der Waals surface area contributed by atoms with Crippen molar-refractivity contribution < 1.29 is 8.42 Å². The van der Waals surface area contributed by atoms with Crippen LogP contribution in [0.1, 0.15) is 49.8 Å². The zero-order valence-corrected chi connectivity index (χ0v) is 16.6. The topological polar surface area (TPSA) is 40.6 Å². The Bertz CT molecular complexity index is 639.